The summed E-state index contributed by atoms with van der Waals surface area (Å²) in [5, 5.41) is 0.978. The summed E-state index contributed by atoms with van der Waals surface area (Å²) >= 11 is 0. The van der Waals surface area contributed by atoms with Crippen molar-refractivity contribution in [1.29, 1.82) is 0 Å². The average Bonchev–Trinajstić information content (AvgIpc) is 3.38. The lowest BCUT2D eigenvalue weighted by Crippen LogP contribution is -2.11. The van der Waals surface area contributed by atoms with Gasteiger partial charge in [-0.05, 0) is 42.0 Å². The second-order valence-corrected chi connectivity index (χ2v) is 6.45. The first-order chi connectivity index (χ1) is 11.7. The van der Waals surface area contributed by atoms with E-state index in [2.05, 4.69) is 39.9 Å². The molecule has 1 aliphatic rings. The van der Waals surface area contributed by atoms with Gasteiger partial charge in [0.05, 0.1) is 5.56 Å². The normalized spacial score (nSPS) is 14.2. The summed E-state index contributed by atoms with van der Waals surface area (Å²) in [6.07, 6.45) is 3.99. The summed E-state index contributed by atoms with van der Waals surface area (Å²) in [6, 6.07) is 12.4. The van der Waals surface area contributed by atoms with Gasteiger partial charge in [0, 0.05) is 30.4 Å². The predicted molar refractivity (Wildman–Crippen MR) is 93.7 cm³/mol. The van der Waals surface area contributed by atoms with Crippen LogP contribution in [-0.2, 0) is 13.1 Å². The lowest BCUT2D eigenvalue weighted by atomic mass is 10.1. The summed E-state index contributed by atoms with van der Waals surface area (Å²) in [6.45, 7) is 1.32. The molecule has 0 spiro atoms. The van der Waals surface area contributed by atoms with Gasteiger partial charge in [0.25, 0.3) is 0 Å². The standard InChI is InChI=1S/C19H20N4O/c20-9-12-1-3-13(4-2-12)11-23-17(14-5-6-14)8-15-7-16(18(21)24)10-22-19(15)23/h1-4,7-8,10,14H,5-6,9,11,20H2,(H2,21,24). The van der Waals surface area contributed by atoms with Crippen LogP contribution in [0.2, 0.25) is 0 Å². The number of nitrogens with zero attached hydrogens (tertiary/aromatic N) is 2. The van der Waals surface area contributed by atoms with Crippen molar-refractivity contribution in [2.75, 3.05) is 0 Å². The van der Waals surface area contributed by atoms with E-state index in [1.165, 1.54) is 24.1 Å². The minimum atomic E-state index is -0.442. The number of primary amides is 1. The van der Waals surface area contributed by atoms with Crippen molar-refractivity contribution < 1.29 is 4.79 Å². The van der Waals surface area contributed by atoms with E-state index in [1.807, 2.05) is 6.07 Å². The maximum Gasteiger partial charge on any atom is 0.250 e. The molecule has 0 bridgehead atoms. The van der Waals surface area contributed by atoms with Crippen LogP contribution in [0.4, 0.5) is 0 Å². The van der Waals surface area contributed by atoms with Crippen LogP contribution in [0.15, 0.2) is 42.6 Å². The average molecular weight is 320 g/mol. The van der Waals surface area contributed by atoms with Gasteiger partial charge in [0.1, 0.15) is 5.65 Å². The zero-order chi connectivity index (χ0) is 16.7. The highest BCUT2D eigenvalue weighted by molar-refractivity contribution is 5.96. The molecule has 2 heterocycles. The smallest absolute Gasteiger partial charge is 0.250 e. The monoisotopic (exact) mass is 320 g/mol. The Morgan fingerprint density at radius 3 is 2.50 bits per heavy atom. The molecule has 0 radical (unpaired) electrons. The van der Waals surface area contributed by atoms with Gasteiger partial charge in [-0.1, -0.05) is 24.3 Å². The molecular weight excluding hydrogens is 300 g/mol. The number of pyridine rings is 1. The Kier molecular flexibility index (Phi) is 3.58. The van der Waals surface area contributed by atoms with Crippen molar-refractivity contribution in [2.24, 2.45) is 11.5 Å². The summed E-state index contributed by atoms with van der Waals surface area (Å²) < 4.78 is 2.26. The number of hydrogen-bond acceptors (Lipinski definition) is 3. The Hall–Kier alpha value is -2.66. The van der Waals surface area contributed by atoms with Crippen LogP contribution in [0, 0.1) is 0 Å². The fourth-order valence-corrected chi connectivity index (χ4v) is 3.15. The van der Waals surface area contributed by atoms with E-state index in [-0.39, 0.29) is 0 Å². The van der Waals surface area contributed by atoms with Crippen molar-refractivity contribution >= 4 is 16.9 Å². The number of hydrogen-bond donors (Lipinski definition) is 2. The van der Waals surface area contributed by atoms with Gasteiger partial charge in [-0.15, -0.1) is 0 Å². The maximum absolute atomic E-state index is 11.4. The first-order valence-electron chi connectivity index (χ1n) is 8.22. The van der Waals surface area contributed by atoms with Crippen molar-refractivity contribution in [3.05, 3.63) is 65.0 Å². The Morgan fingerprint density at radius 2 is 1.88 bits per heavy atom. The number of benzene rings is 1. The van der Waals surface area contributed by atoms with Gasteiger partial charge in [-0.3, -0.25) is 4.79 Å². The molecule has 1 aromatic carbocycles. The van der Waals surface area contributed by atoms with Crippen molar-refractivity contribution in [2.45, 2.75) is 31.8 Å². The van der Waals surface area contributed by atoms with Crippen LogP contribution in [0.25, 0.3) is 11.0 Å². The Morgan fingerprint density at radius 1 is 1.17 bits per heavy atom. The third kappa shape index (κ3) is 2.67. The molecule has 2 aromatic heterocycles. The van der Waals surface area contributed by atoms with Gasteiger partial charge < -0.3 is 16.0 Å². The van der Waals surface area contributed by atoms with E-state index in [0.29, 0.717) is 18.0 Å². The van der Waals surface area contributed by atoms with Crippen LogP contribution in [0.3, 0.4) is 0 Å². The SMILES string of the molecule is NCc1ccc(Cn2c(C3CC3)cc3cc(C(N)=O)cnc32)cc1. The molecule has 1 fully saturated rings. The van der Waals surface area contributed by atoms with E-state index in [1.54, 1.807) is 6.20 Å². The molecule has 1 aliphatic carbocycles. The zero-order valence-electron chi connectivity index (χ0n) is 13.4. The molecular formula is C19H20N4O. The first kappa shape index (κ1) is 14.9. The second kappa shape index (κ2) is 5.76. The fraction of sp³-hybridized carbons (Fsp3) is 0.263. The van der Waals surface area contributed by atoms with Crippen LogP contribution < -0.4 is 11.5 Å². The second-order valence-electron chi connectivity index (χ2n) is 6.45. The van der Waals surface area contributed by atoms with Gasteiger partial charge in [-0.2, -0.15) is 0 Å². The molecule has 4 rings (SSSR count). The number of rotatable bonds is 5. The third-order valence-corrected chi connectivity index (χ3v) is 4.65. The highest BCUT2D eigenvalue weighted by Gasteiger charge is 2.28. The number of carbonyl (C=O) groups excluding carboxylic acids is 1. The predicted octanol–water partition coefficient (Wildman–Crippen LogP) is 2.52. The third-order valence-electron chi connectivity index (χ3n) is 4.65. The van der Waals surface area contributed by atoms with Crippen molar-refractivity contribution in [3.63, 3.8) is 0 Å². The number of fused-ring (bicyclic) bond motifs is 1. The fourth-order valence-electron chi connectivity index (χ4n) is 3.15. The molecule has 4 N–H and O–H groups in total. The van der Waals surface area contributed by atoms with Gasteiger partial charge in [0.2, 0.25) is 5.91 Å². The lowest BCUT2D eigenvalue weighted by Gasteiger charge is -2.10. The summed E-state index contributed by atoms with van der Waals surface area (Å²) in [5.41, 5.74) is 16.0. The number of carbonyl (C=O) groups is 1. The highest BCUT2D eigenvalue weighted by Crippen LogP contribution is 2.42. The molecule has 5 nitrogen and oxygen atoms in total. The van der Waals surface area contributed by atoms with Crippen LogP contribution in [0.5, 0.6) is 0 Å². The molecule has 1 saturated carbocycles. The van der Waals surface area contributed by atoms with Crippen LogP contribution in [0.1, 0.15) is 45.9 Å². The van der Waals surface area contributed by atoms with E-state index >= 15 is 0 Å². The summed E-state index contributed by atoms with van der Waals surface area (Å²) in [7, 11) is 0. The molecule has 122 valence electrons. The van der Waals surface area contributed by atoms with E-state index in [0.717, 1.165) is 23.1 Å². The first-order valence-corrected chi connectivity index (χ1v) is 8.22. The molecule has 5 heteroatoms. The largest absolute Gasteiger partial charge is 0.366 e. The topological polar surface area (TPSA) is 86.9 Å². The van der Waals surface area contributed by atoms with Crippen LogP contribution in [-0.4, -0.2) is 15.5 Å². The van der Waals surface area contributed by atoms with E-state index in [4.69, 9.17) is 11.5 Å². The summed E-state index contributed by atoms with van der Waals surface area (Å²) in [5.74, 6) is 0.155. The van der Waals surface area contributed by atoms with Crippen molar-refractivity contribution in [1.82, 2.24) is 9.55 Å². The Labute approximate surface area is 140 Å². The van der Waals surface area contributed by atoms with Crippen molar-refractivity contribution in [3.8, 4) is 0 Å². The van der Waals surface area contributed by atoms with Gasteiger partial charge in [-0.25, -0.2) is 4.98 Å². The summed E-state index contributed by atoms with van der Waals surface area (Å²) in [4.78, 5) is 15.9. The maximum atomic E-state index is 11.4. The van der Waals surface area contributed by atoms with Gasteiger partial charge >= 0.3 is 0 Å². The van der Waals surface area contributed by atoms with Gasteiger partial charge in [0.15, 0.2) is 0 Å². The van der Waals surface area contributed by atoms with Crippen LogP contribution >= 0.6 is 0 Å². The molecule has 3 aromatic rings. The number of nitrogens with two attached hydrogens (primary N) is 2. The molecule has 0 unspecified atom stereocenters. The molecule has 0 atom stereocenters. The quantitative estimate of drug-likeness (QED) is 0.757. The Balaban J connectivity index is 1.77. The molecule has 1 amide bonds. The molecule has 0 aliphatic heterocycles. The minimum Gasteiger partial charge on any atom is -0.366 e. The number of amides is 1. The Bertz CT molecular complexity index is 907. The highest BCUT2D eigenvalue weighted by atomic mass is 16.1. The lowest BCUT2D eigenvalue weighted by molar-refractivity contribution is 0.1000. The molecule has 24 heavy (non-hydrogen) atoms. The minimum absolute atomic E-state index is 0.442. The zero-order valence-corrected chi connectivity index (χ0v) is 13.4. The van der Waals surface area contributed by atoms with E-state index in [9.17, 15) is 4.79 Å². The van der Waals surface area contributed by atoms with E-state index < -0.39 is 5.91 Å². The molecule has 0 saturated heterocycles. The number of aromatic nitrogens is 2.